The summed E-state index contributed by atoms with van der Waals surface area (Å²) >= 11 is 6.38. The Labute approximate surface area is 130 Å². The van der Waals surface area contributed by atoms with Crippen molar-refractivity contribution in [1.82, 2.24) is 14.7 Å². The van der Waals surface area contributed by atoms with Crippen LogP contribution in [0.15, 0.2) is 24.3 Å². The van der Waals surface area contributed by atoms with E-state index < -0.39 is 0 Å². The zero-order valence-electron chi connectivity index (χ0n) is 12.5. The van der Waals surface area contributed by atoms with Gasteiger partial charge in [0.25, 0.3) is 0 Å². The smallest absolute Gasteiger partial charge is 0.0860 e. The predicted octanol–water partition coefficient (Wildman–Crippen LogP) is 2.27. The number of nitrogens with zero attached hydrogens (tertiary/aromatic N) is 3. The molecule has 112 valence electrons. The van der Waals surface area contributed by atoms with Gasteiger partial charge in [0, 0.05) is 32.7 Å². The Kier molecular flexibility index (Phi) is 4.02. The molecule has 1 aliphatic rings. The van der Waals surface area contributed by atoms with Gasteiger partial charge in [-0.1, -0.05) is 35.9 Å². The van der Waals surface area contributed by atoms with E-state index in [1.807, 2.05) is 18.7 Å². The first-order valence-corrected chi connectivity index (χ1v) is 7.66. The zero-order valence-corrected chi connectivity index (χ0v) is 13.3. The number of halogens is 1. The lowest BCUT2D eigenvalue weighted by molar-refractivity contribution is 0.163. The van der Waals surface area contributed by atoms with Crippen LogP contribution >= 0.6 is 11.6 Å². The third-order valence-corrected chi connectivity index (χ3v) is 4.84. The normalized spacial score (nSPS) is 18.8. The fraction of sp³-hybridized carbons (Fsp3) is 0.438. The Hall–Kier alpha value is -1.36. The van der Waals surface area contributed by atoms with Crippen LogP contribution in [0.1, 0.15) is 22.5 Å². The molecule has 4 nitrogen and oxygen atoms in total. The molecule has 0 fully saturated rings. The number of hydrogen-bond donors (Lipinski definition) is 1. The van der Waals surface area contributed by atoms with Crippen molar-refractivity contribution in [1.29, 1.82) is 0 Å². The molecule has 0 saturated carbocycles. The second kappa shape index (κ2) is 5.79. The highest BCUT2D eigenvalue weighted by atomic mass is 35.5. The topological polar surface area (TPSA) is 47.1 Å². The van der Waals surface area contributed by atoms with Crippen LogP contribution in [0.4, 0.5) is 0 Å². The first-order valence-electron chi connectivity index (χ1n) is 7.29. The maximum Gasteiger partial charge on any atom is 0.0860 e. The van der Waals surface area contributed by atoms with Crippen molar-refractivity contribution in [2.24, 2.45) is 12.8 Å². The first-order chi connectivity index (χ1) is 10.1. The van der Waals surface area contributed by atoms with E-state index in [4.69, 9.17) is 17.3 Å². The summed E-state index contributed by atoms with van der Waals surface area (Å²) in [4.78, 5) is 2.41. The minimum absolute atomic E-state index is 0.353. The van der Waals surface area contributed by atoms with E-state index in [-0.39, 0.29) is 0 Å². The Morgan fingerprint density at radius 3 is 2.67 bits per heavy atom. The van der Waals surface area contributed by atoms with Gasteiger partial charge in [-0.25, -0.2) is 0 Å². The van der Waals surface area contributed by atoms with Gasteiger partial charge in [0.05, 0.1) is 16.4 Å². The molecule has 5 heteroatoms. The van der Waals surface area contributed by atoms with Crippen LogP contribution in [0.5, 0.6) is 0 Å². The molecule has 1 atom stereocenters. The van der Waals surface area contributed by atoms with E-state index in [0.717, 1.165) is 35.9 Å². The lowest BCUT2D eigenvalue weighted by Crippen LogP contribution is -2.44. The van der Waals surface area contributed by atoms with Gasteiger partial charge in [0.2, 0.25) is 0 Å². The number of fused-ring (bicyclic) bond motifs is 1. The third-order valence-electron chi connectivity index (χ3n) is 4.35. The molecule has 1 unspecified atom stereocenters. The van der Waals surface area contributed by atoms with Crippen LogP contribution in [0.25, 0.3) is 0 Å². The first kappa shape index (κ1) is 14.6. The molecule has 2 aromatic rings. The molecular formula is C16H21ClN4. The second-order valence-electron chi connectivity index (χ2n) is 5.74. The third kappa shape index (κ3) is 2.71. The van der Waals surface area contributed by atoms with E-state index in [1.54, 1.807) is 0 Å². The van der Waals surface area contributed by atoms with Crippen molar-refractivity contribution in [3.63, 3.8) is 0 Å². The van der Waals surface area contributed by atoms with Crippen LogP contribution in [-0.4, -0.2) is 27.3 Å². The van der Waals surface area contributed by atoms with E-state index in [9.17, 15) is 0 Å². The Morgan fingerprint density at radius 2 is 2.05 bits per heavy atom. The largest absolute Gasteiger partial charge is 0.329 e. The quantitative estimate of drug-likeness (QED) is 0.946. The van der Waals surface area contributed by atoms with Crippen molar-refractivity contribution in [2.45, 2.75) is 32.5 Å². The SMILES string of the molecule is Cc1nn(C)c(CN2Cc3ccccc3CC2CN)c1Cl. The molecule has 0 spiro atoms. The molecule has 0 bridgehead atoms. The highest BCUT2D eigenvalue weighted by Gasteiger charge is 2.26. The molecule has 0 amide bonds. The van der Waals surface area contributed by atoms with Crippen LogP contribution in [-0.2, 0) is 26.6 Å². The number of hydrogen-bond acceptors (Lipinski definition) is 3. The maximum atomic E-state index is 6.38. The van der Waals surface area contributed by atoms with Crippen molar-refractivity contribution in [3.8, 4) is 0 Å². The van der Waals surface area contributed by atoms with Crippen molar-refractivity contribution >= 4 is 11.6 Å². The highest BCUT2D eigenvalue weighted by Crippen LogP contribution is 2.27. The Bertz CT molecular complexity index is 650. The monoisotopic (exact) mass is 304 g/mol. The van der Waals surface area contributed by atoms with Gasteiger partial charge >= 0.3 is 0 Å². The predicted molar refractivity (Wildman–Crippen MR) is 85.2 cm³/mol. The fourth-order valence-corrected chi connectivity index (χ4v) is 3.32. The van der Waals surface area contributed by atoms with Crippen molar-refractivity contribution in [3.05, 3.63) is 51.8 Å². The molecule has 0 saturated heterocycles. The number of aromatic nitrogens is 2. The van der Waals surface area contributed by atoms with Gasteiger partial charge in [-0.3, -0.25) is 9.58 Å². The number of aryl methyl sites for hydroxylation is 2. The lowest BCUT2D eigenvalue weighted by Gasteiger charge is -2.36. The molecule has 3 rings (SSSR count). The van der Waals surface area contributed by atoms with Crippen molar-refractivity contribution in [2.75, 3.05) is 6.54 Å². The molecule has 2 N–H and O–H groups in total. The number of rotatable bonds is 3. The summed E-state index contributed by atoms with van der Waals surface area (Å²) in [6.07, 6.45) is 1.00. The summed E-state index contributed by atoms with van der Waals surface area (Å²) in [5, 5.41) is 5.17. The summed E-state index contributed by atoms with van der Waals surface area (Å²) < 4.78 is 1.88. The number of benzene rings is 1. The summed E-state index contributed by atoms with van der Waals surface area (Å²) in [7, 11) is 1.95. The average Bonchev–Trinajstić information content (AvgIpc) is 2.73. The van der Waals surface area contributed by atoms with Gasteiger partial charge in [-0.05, 0) is 24.5 Å². The van der Waals surface area contributed by atoms with E-state index >= 15 is 0 Å². The molecular weight excluding hydrogens is 284 g/mol. The highest BCUT2D eigenvalue weighted by molar-refractivity contribution is 6.31. The van der Waals surface area contributed by atoms with E-state index in [1.165, 1.54) is 11.1 Å². The summed E-state index contributed by atoms with van der Waals surface area (Å²) in [5.74, 6) is 0. The minimum Gasteiger partial charge on any atom is -0.329 e. The zero-order chi connectivity index (χ0) is 15.0. The molecule has 2 heterocycles. The molecule has 21 heavy (non-hydrogen) atoms. The molecule has 1 aromatic carbocycles. The molecule has 1 aromatic heterocycles. The van der Waals surface area contributed by atoms with Gasteiger partial charge in [0.1, 0.15) is 0 Å². The lowest BCUT2D eigenvalue weighted by atomic mass is 9.94. The molecule has 0 radical (unpaired) electrons. The van der Waals surface area contributed by atoms with Crippen molar-refractivity contribution < 1.29 is 0 Å². The molecule has 0 aliphatic carbocycles. The standard InChI is InChI=1S/C16H21ClN4/c1-11-16(17)15(20(2)19-11)10-21-9-13-6-4-3-5-12(13)7-14(21)8-18/h3-6,14H,7-10,18H2,1-2H3. The van der Waals surface area contributed by atoms with Gasteiger partial charge in [0.15, 0.2) is 0 Å². The average molecular weight is 305 g/mol. The van der Waals surface area contributed by atoms with Crippen LogP contribution in [0, 0.1) is 6.92 Å². The van der Waals surface area contributed by atoms with E-state index in [2.05, 4.69) is 34.3 Å². The minimum atomic E-state index is 0.353. The fourth-order valence-electron chi connectivity index (χ4n) is 3.10. The Morgan fingerprint density at radius 1 is 1.33 bits per heavy atom. The van der Waals surface area contributed by atoms with Gasteiger partial charge in [-0.15, -0.1) is 0 Å². The summed E-state index contributed by atoms with van der Waals surface area (Å²) in [5.41, 5.74) is 10.7. The van der Waals surface area contributed by atoms with E-state index in [0.29, 0.717) is 12.6 Å². The second-order valence-corrected chi connectivity index (χ2v) is 6.12. The van der Waals surface area contributed by atoms with Crippen LogP contribution in [0.3, 0.4) is 0 Å². The molecule has 1 aliphatic heterocycles. The van der Waals surface area contributed by atoms with Crippen LogP contribution in [0.2, 0.25) is 5.02 Å². The maximum absolute atomic E-state index is 6.38. The number of nitrogens with two attached hydrogens (primary N) is 1. The van der Waals surface area contributed by atoms with Crippen LogP contribution < -0.4 is 5.73 Å². The Balaban J connectivity index is 1.88. The summed E-state index contributed by atoms with van der Waals surface area (Å²) in [6.45, 7) is 4.30. The summed E-state index contributed by atoms with van der Waals surface area (Å²) in [6, 6.07) is 8.96. The van der Waals surface area contributed by atoms with Gasteiger partial charge < -0.3 is 5.73 Å². The van der Waals surface area contributed by atoms with Gasteiger partial charge in [-0.2, -0.15) is 5.10 Å².